The van der Waals surface area contributed by atoms with E-state index in [-0.39, 0.29) is 25.0 Å². The molecule has 49 heavy (non-hydrogen) atoms. The highest BCUT2D eigenvalue weighted by molar-refractivity contribution is 5.92. The van der Waals surface area contributed by atoms with Crippen molar-refractivity contribution < 1.29 is 24.5 Å². The number of carbonyl (C=O) groups excluding carboxylic acids is 1. The summed E-state index contributed by atoms with van der Waals surface area (Å²) in [4.78, 5) is 13.5. The summed E-state index contributed by atoms with van der Waals surface area (Å²) in [6, 6.07) is 7.87. The normalized spacial score (nSPS) is 12.2. The number of aliphatic hydroxyl groups excluding tert-OH is 2. The summed E-state index contributed by atoms with van der Waals surface area (Å²) >= 11 is 0. The number of hydrogen-bond donors (Lipinski definition) is 3. The molecule has 1 amide bonds. The predicted molar refractivity (Wildman–Crippen MR) is 208 cm³/mol. The van der Waals surface area contributed by atoms with E-state index in [2.05, 4.69) is 19.2 Å². The average Bonchev–Trinajstić information content (AvgIpc) is 3.10. The van der Waals surface area contributed by atoms with Crippen molar-refractivity contribution in [3.63, 3.8) is 0 Å². The van der Waals surface area contributed by atoms with Gasteiger partial charge in [0.15, 0.2) is 0 Å². The van der Waals surface area contributed by atoms with Crippen LogP contribution >= 0.6 is 0 Å². The number of hydrogen-bond acceptors (Lipinski definition) is 5. The van der Waals surface area contributed by atoms with Gasteiger partial charge in [-0.1, -0.05) is 180 Å². The summed E-state index contributed by atoms with van der Waals surface area (Å²) in [5.41, 5.74) is 1.84. The van der Waals surface area contributed by atoms with Gasteiger partial charge >= 0.3 is 0 Å². The lowest BCUT2D eigenvalue weighted by molar-refractivity contribution is -0.120. The van der Waals surface area contributed by atoms with Gasteiger partial charge in [0.05, 0.1) is 39.1 Å². The summed E-state index contributed by atoms with van der Waals surface area (Å²) in [6.45, 7) is 5.89. The van der Waals surface area contributed by atoms with Crippen LogP contribution in [-0.4, -0.2) is 55.3 Å². The van der Waals surface area contributed by atoms with Crippen LogP contribution in [0.2, 0.25) is 0 Å². The minimum absolute atomic E-state index is 0.00138. The lowest BCUT2D eigenvalue weighted by atomic mass is 9.93. The second-order valence-corrected chi connectivity index (χ2v) is 14.5. The summed E-state index contributed by atoms with van der Waals surface area (Å²) in [5, 5.41) is 22.3. The molecule has 286 valence electrons. The summed E-state index contributed by atoms with van der Waals surface area (Å²) in [6.07, 6.45) is 33.9. The van der Waals surface area contributed by atoms with Gasteiger partial charge in [-0.3, -0.25) is 4.79 Å². The number of nitrogens with one attached hydrogen (secondary N) is 1. The molecule has 0 aliphatic carbocycles. The van der Waals surface area contributed by atoms with E-state index >= 15 is 0 Å². The Bertz CT molecular complexity index is 804. The zero-order chi connectivity index (χ0) is 35.5. The fourth-order valence-corrected chi connectivity index (χ4v) is 6.67. The summed E-state index contributed by atoms with van der Waals surface area (Å²) in [7, 11) is 0. The Morgan fingerprint density at radius 1 is 0.592 bits per heavy atom. The maximum Gasteiger partial charge on any atom is 0.227 e. The Morgan fingerprint density at radius 3 is 1.43 bits per heavy atom. The highest BCUT2D eigenvalue weighted by atomic mass is 16.5. The highest BCUT2D eigenvalue weighted by Crippen LogP contribution is 2.22. The topological polar surface area (TPSA) is 88.0 Å². The van der Waals surface area contributed by atoms with E-state index in [0.29, 0.717) is 26.2 Å². The third kappa shape index (κ3) is 28.9. The number of amides is 1. The van der Waals surface area contributed by atoms with E-state index in [9.17, 15) is 9.90 Å². The SMILES string of the molecule is CCCCCCCCCCCCCCC(CCCCCCCCCCCCCC)C(=O)Nc1ccc(CC(O)COCCOCCO)cc1. The number of anilines is 1. The van der Waals surface area contributed by atoms with Gasteiger partial charge in [0.1, 0.15) is 0 Å². The highest BCUT2D eigenvalue weighted by Gasteiger charge is 2.18. The smallest absolute Gasteiger partial charge is 0.227 e. The van der Waals surface area contributed by atoms with Crippen molar-refractivity contribution in [2.75, 3.05) is 38.4 Å². The van der Waals surface area contributed by atoms with Crippen LogP contribution in [0.15, 0.2) is 24.3 Å². The second-order valence-electron chi connectivity index (χ2n) is 14.5. The van der Waals surface area contributed by atoms with E-state index in [1.807, 2.05) is 24.3 Å². The molecule has 0 heterocycles. The van der Waals surface area contributed by atoms with Gasteiger partial charge in [-0.2, -0.15) is 0 Å². The molecule has 6 nitrogen and oxygen atoms in total. The Labute approximate surface area is 302 Å². The minimum atomic E-state index is -0.603. The minimum Gasteiger partial charge on any atom is -0.394 e. The molecule has 0 aliphatic rings. The van der Waals surface area contributed by atoms with E-state index in [4.69, 9.17) is 14.6 Å². The van der Waals surface area contributed by atoms with Gasteiger partial charge < -0.3 is 25.0 Å². The van der Waals surface area contributed by atoms with Gasteiger partial charge in [0.2, 0.25) is 5.91 Å². The molecule has 0 bridgehead atoms. The third-order valence-electron chi connectivity index (χ3n) is 9.79. The molecule has 1 rings (SSSR count). The number of aliphatic hydroxyl groups is 2. The van der Waals surface area contributed by atoms with E-state index in [0.717, 1.165) is 36.9 Å². The fraction of sp³-hybridized carbons (Fsp3) is 0.837. The quantitative estimate of drug-likeness (QED) is 0.0605. The average molecular weight is 690 g/mol. The zero-order valence-corrected chi connectivity index (χ0v) is 32.2. The Balaban J connectivity index is 2.41. The van der Waals surface area contributed by atoms with Crippen LogP contribution in [0.4, 0.5) is 5.69 Å². The third-order valence-corrected chi connectivity index (χ3v) is 9.79. The van der Waals surface area contributed by atoms with Gasteiger partial charge in [0.25, 0.3) is 0 Å². The predicted octanol–water partition coefficient (Wildman–Crippen LogP) is 11.4. The van der Waals surface area contributed by atoms with Crippen molar-refractivity contribution in [3.8, 4) is 0 Å². The molecule has 0 saturated heterocycles. The van der Waals surface area contributed by atoms with E-state index < -0.39 is 6.10 Å². The van der Waals surface area contributed by atoms with Crippen LogP contribution in [0.3, 0.4) is 0 Å². The number of unbranched alkanes of at least 4 members (excludes halogenated alkanes) is 22. The molecule has 0 fully saturated rings. The van der Waals surface area contributed by atoms with Gasteiger partial charge in [-0.25, -0.2) is 0 Å². The van der Waals surface area contributed by atoms with Crippen molar-refractivity contribution in [1.82, 2.24) is 0 Å². The molecule has 1 unspecified atom stereocenters. The zero-order valence-electron chi connectivity index (χ0n) is 32.2. The van der Waals surface area contributed by atoms with Crippen LogP contribution in [0.1, 0.15) is 186 Å². The molecule has 3 N–H and O–H groups in total. The summed E-state index contributed by atoms with van der Waals surface area (Å²) in [5.74, 6) is 0.238. The van der Waals surface area contributed by atoms with Crippen molar-refractivity contribution in [1.29, 1.82) is 0 Å². The van der Waals surface area contributed by atoms with Crippen LogP contribution in [0.5, 0.6) is 0 Å². The molecule has 1 atom stereocenters. The monoisotopic (exact) mass is 690 g/mol. The number of carbonyl (C=O) groups is 1. The molecule has 1 aromatic carbocycles. The van der Waals surface area contributed by atoms with E-state index in [1.54, 1.807) is 0 Å². The Kier molecular flexibility index (Phi) is 32.5. The molecule has 0 aliphatic heterocycles. The van der Waals surface area contributed by atoms with Crippen LogP contribution in [0, 0.1) is 5.92 Å². The van der Waals surface area contributed by atoms with Crippen LogP contribution in [-0.2, 0) is 20.7 Å². The first-order chi connectivity index (χ1) is 24.1. The van der Waals surface area contributed by atoms with E-state index in [1.165, 1.54) is 141 Å². The Morgan fingerprint density at radius 2 is 1.00 bits per heavy atom. The standard InChI is InChI=1S/C43H79NO5/c1-3-5-7-9-11-13-15-17-19-21-23-25-27-40(28-26-24-22-20-18-16-14-12-10-8-6-4-2)43(47)44-41-31-29-39(30-32-41)37-42(46)38-49-36-35-48-34-33-45/h29-32,40,42,45-46H,3-28,33-38H2,1-2H3,(H,44,47). The van der Waals surface area contributed by atoms with Crippen molar-refractivity contribution >= 4 is 11.6 Å². The molecular weight excluding hydrogens is 610 g/mol. The second kappa shape index (κ2) is 35.0. The number of ether oxygens (including phenoxy) is 2. The van der Waals surface area contributed by atoms with Gasteiger partial charge in [-0.05, 0) is 30.5 Å². The maximum absolute atomic E-state index is 13.5. The first-order valence-electron chi connectivity index (χ1n) is 20.9. The van der Waals surface area contributed by atoms with Crippen LogP contribution < -0.4 is 5.32 Å². The molecule has 0 spiro atoms. The van der Waals surface area contributed by atoms with Gasteiger partial charge in [-0.15, -0.1) is 0 Å². The molecule has 0 aromatic heterocycles. The number of rotatable bonds is 37. The lowest BCUT2D eigenvalue weighted by Crippen LogP contribution is -2.23. The largest absolute Gasteiger partial charge is 0.394 e. The molecule has 0 saturated carbocycles. The first-order valence-corrected chi connectivity index (χ1v) is 20.9. The summed E-state index contributed by atoms with van der Waals surface area (Å²) < 4.78 is 10.6. The Hall–Kier alpha value is -1.47. The molecular formula is C43H79NO5. The molecule has 1 aromatic rings. The molecule has 6 heteroatoms. The van der Waals surface area contributed by atoms with Crippen molar-refractivity contribution in [2.24, 2.45) is 5.92 Å². The molecule has 0 radical (unpaired) electrons. The number of benzene rings is 1. The maximum atomic E-state index is 13.5. The van der Waals surface area contributed by atoms with Crippen molar-refractivity contribution in [3.05, 3.63) is 29.8 Å². The first kappa shape index (κ1) is 45.6. The van der Waals surface area contributed by atoms with Crippen LogP contribution in [0.25, 0.3) is 0 Å². The lowest BCUT2D eigenvalue weighted by Gasteiger charge is -2.17. The fourth-order valence-electron chi connectivity index (χ4n) is 6.67. The van der Waals surface area contributed by atoms with Crippen molar-refractivity contribution in [2.45, 2.75) is 193 Å². The van der Waals surface area contributed by atoms with Gasteiger partial charge in [0, 0.05) is 18.0 Å².